The molecule has 2 amide bonds. The molecule has 3 aromatic rings. The van der Waals surface area contributed by atoms with Crippen molar-refractivity contribution in [2.75, 3.05) is 36.5 Å². The smallest absolute Gasteiger partial charge is 0.319 e. The van der Waals surface area contributed by atoms with E-state index in [1.165, 1.54) is 12.1 Å². The van der Waals surface area contributed by atoms with E-state index >= 15 is 0 Å². The van der Waals surface area contributed by atoms with Gasteiger partial charge in [-0.1, -0.05) is 0 Å². The van der Waals surface area contributed by atoms with Gasteiger partial charge in [0.2, 0.25) is 0 Å². The number of ether oxygens (including phenoxy) is 1. The number of nitrogens with zero attached hydrogens (tertiary/aromatic N) is 1. The summed E-state index contributed by atoms with van der Waals surface area (Å²) < 4.78 is 24.7. The standard InChI is InChI=1S/C22H24FN3O3/c1-14-19-13-16(23)3-8-20(19)29-21(14)15(2)24-22(27)25-17-4-6-18(7-5-17)26-9-11-28-12-10-26/h3-8,13,15H,9-12H2,1-2H3,(H2,24,25,27)/t15-/m0/s1. The van der Waals surface area contributed by atoms with Gasteiger partial charge in [-0.3, -0.25) is 0 Å². The number of carbonyl (C=O) groups is 1. The molecule has 29 heavy (non-hydrogen) atoms. The highest BCUT2D eigenvalue weighted by molar-refractivity contribution is 5.90. The summed E-state index contributed by atoms with van der Waals surface area (Å²) in [5.74, 6) is 0.301. The summed E-state index contributed by atoms with van der Waals surface area (Å²) in [5, 5.41) is 6.43. The Morgan fingerprint density at radius 3 is 2.59 bits per heavy atom. The van der Waals surface area contributed by atoms with Crippen molar-refractivity contribution in [1.82, 2.24) is 5.32 Å². The Morgan fingerprint density at radius 2 is 1.86 bits per heavy atom. The fourth-order valence-electron chi connectivity index (χ4n) is 3.63. The molecule has 0 unspecified atom stereocenters. The molecular weight excluding hydrogens is 373 g/mol. The predicted octanol–water partition coefficient (Wildman–Crippen LogP) is 4.60. The maximum atomic E-state index is 13.5. The van der Waals surface area contributed by atoms with Crippen LogP contribution in [0.1, 0.15) is 24.3 Å². The summed E-state index contributed by atoms with van der Waals surface area (Å²) in [6.45, 7) is 6.89. The Labute approximate surface area is 168 Å². The van der Waals surface area contributed by atoms with Crippen LogP contribution >= 0.6 is 0 Å². The summed E-state index contributed by atoms with van der Waals surface area (Å²) in [6.07, 6.45) is 0. The summed E-state index contributed by atoms with van der Waals surface area (Å²) in [5.41, 5.74) is 3.24. The molecular formula is C22H24FN3O3. The van der Waals surface area contributed by atoms with Crippen LogP contribution in [0.15, 0.2) is 46.9 Å². The number of amides is 2. The topological polar surface area (TPSA) is 66.7 Å². The van der Waals surface area contributed by atoms with Gasteiger partial charge in [0.1, 0.15) is 17.2 Å². The SMILES string of the molecule is Cc1c([C@H](C)NC(=O)Nc2ccc(N3CCOCC3)cc2)oc2ccc(F)cc12. The minimum Gasteiger partial charge on any atom is -0.459 e. The maximum Gasteiger partial charge on any atom is 0.319 e. The summed E-state index contributed by atoms with van der Waals surface area (Å²) in [4.78, 5) is 14.7. The summed E-state index contributed by atoms with van der Waals surface area (Å²) in [6, 6.07) is 11.4. The number of halogens is 1. The van der Waals surface area contributed by atoms with E-state index < -0.39 is 0 Å². The quantitative estimate of drug-likeness (QED) is 0.675. The molecule has 1 fully saturated rings. The highest BCUT2D eigenvalue weighted by Crippen LogP contribution is 2.30. The fourth-order valence-corrected chi connectivity index (χ4v) is 3.63. The molecule has 1 atom stereocenters. The van der Waals surface area contributed by atoms with Gasteiger partial charge in [0.15, 0.2) is 0 Å². The Bertz CT molecular complexity index is 1010. The Balaban J connectivity index is 1.39. The van der Waals surface area contributed by atoms with Crippen molar-refractivity contribution >= 4 is 28.4 Å². The third-order valence-electron chi connectivity index (χ3n) is 5.18. The number of fused-ring (bicyclic) bond motifs is 1. The largest absolute Gasteiger partial charge is 0.459 e. The van der Waals surface area contributed by atoms with Crippen LogP contribution in [-0.2, 0) is 4.74 Å². The zero-order valence-electron chi connectivity index (χ0n) is 16.5. The van der Waals surface area contributed by atoms with Gasteiger partial charge in [0, 0.05) is 35.4 Å². The van der Waals surface area contributed by atoms with E-state index in [4.69, 9.17) is 9.15 Å². The number of nitrogens with one attached hydrogen (secondary N) is 2. The van der Waals surface area contributed by atoms with Crippen LogP contribution < -0.4 is 15.5 Å². The third kappa shape index (κ3) is 4.19. The number of furan rings is 1. The lowest BCUT2D eigenvalue weighted by Gasteiger charge is -2.28. The first kappa shape index (κ1) is 19.3. The predicted molar refractivity (Wildman–Crippen MR) is 111 cm³/mol. The molecule has 2 aromatic carbocycles. The highest BCUT2D eigenvalue weighted by Gasteiger charge is 2.19. The van der Waals surface area contributed by atoms with E-state index in [0.29, 0.717) is 22.4 Å². The van der Waals surface area contributed by atoms with Crippen LogP contribution in [0.5, 0.6) is 0 Å². The molecule has 0 bridgehead atoms. The molecule has 2 heterocycles. The molecule has 0 spiro atoms. The second-order valence-electron chi connectivity index (χ2n) is 7.20. The van der Waals surface area contributed by atoms with Gasteiger partial charge in [-0.2, -0.15) is 0 Å². The van der Waals surface area contributed by atoms with Gasteiger partial charge >= 0.3 is 6.03 Å². The second kappa shape index (κ2) is 8.13. The normalized spacial score (nSPS) is 15.3. The van der Waals surface area contributed by atoms with E-state index in [1.807, 2.05) is 38.1 Å². The molecule has 1 saturated heterocycles. The molecule has 6 nitrogen and oxygen atoms in total. The molecule has 1 aliphatic rings. The number of morpholine rings is 1. The number of aryl methyl sites for hydroxylation is 1. The minimum atomic E-state index is -0.363. The van der Waals surface area contributed by atoms with E-state index in [0.717, 1.165) is 37.6 Å². The summed E-state index contributed by atoms with van der Waals surface area (Å²) in [7, 11) is 0. The second-order valence-corrected chi connectivity index (χ2v) is 7.20. The van der Waals surface area contributed by atoms with Gasteiger partial charge in [0.25, 0.3) is 0 Å². The lowest BCUT2D eigenvalue weighted by Crippen LogP contribution is -2.36. The van der Waals surface area contributed by atoms with Crippen molar-refractivity contribution in [1.29, 1.82) is 0 Å². The van der Waals surface area contributed by atoms with Crippen molar-refractivity contribution in [3.63, 3.8) is 0 Å². The molecule has 1 aliphatic heterocycles. The van der Waals surface area contributed by atoms with Crippen LogP contribution in [0.4, 0.5) is 20.6 Å². The first-order valence-electron chi connectivity index (χ1n) is 9.70. The lowest BCUT2D eigenvalue weighted by atomic mass is 10.1. The molecule has 7 heteroatoms. The van der Waals surface area contributed by atoms with E-state index in [9.17, 15) is 9.18 Å². The summed E-state index contributed by atoms with van der Waals surface area (Å²) >= 11 is 0. The van der Waals surface area contributed by atoms with Crippen molar-refractivity contribution in [2.45, 2.75) is 19.9 Å². The first-order valence-corrected chi connectivity index (χ1v) is 9.70. The van der Waals surface area contributed by atoms with E-state index in [-0.39, 0.29) is 17.9 Å². The van der Waals surface area contributed by atoms with Crippen molar-refractivity contribution < 1.29 is 18.3 Å². The Kier molecular flexibility index (Phi) is 5.40. The van der Waals surface area contributed by atoms with Gasteiger partial charge in [-0.25, -0.2) is 9.18 Å². The number of carbonyl (C=O) groups excluding carboxylic acids is 1. The monoisotopic (exact) mass is 397 g/mol. The van der Waals surface area contributed by atoms with Crippen molar-refractivity contribution in [2.24, 2.45) is 0 Å². The average molecular weight is 397 g/mol. The number of benzene rings is 2. The average Bonchev–Trinajstić information content (AvgIpc) is 3.05. The fraction of sp³-hybridized carbons (Fsp3) is 0.318. The minimum absolute atomic E-state index is 0.313. The van der Waals surface area contributed by atoms with Crippen LogP contribution in [0, 0.1) is 12.7 Å². The molecule has 0 radical (unpaired) electrons. The molecule has 0 saturated carbocycles. The maximum absolute atomic E-state index is 13.5. The van der Waals surface area contributed by atoms with Gasteiger partial charge < -0.3 is 24.7 Å². The van der Waals surface area contributed by atoms with Crippen LogP contribution in [0.25, 0.3) is 11.0 Å². The molecule has 4 rings (SSSR count). The van der Waals surface area contributed by atoms with Crippen molar-refractivity contribution in [3.8, 4) is 0 Å². The molecule has 2 N–H and O–H groups in total. The van der Waals surface area contributed by atoms with Crippen molar-refractivity contribution in [3.05, 3.63) is 59.6 Å². The first-order chi connectivity index (χ1) is 14.0. The van der Waals surface area contributed by atoms with Gasteiger partial charge in [-0.15, -0.1) is 0 Å². The van der Waals surface area contributed by atoms with Gasteiger partial charge in [-0.05, 0) is 56.3 Å². The van der Waals surface area contributed by atoms with E-state index in [1.54, 1.807) is 6.07 Å². The van der Waals surface area contributed by atoms with E-state index in [2.05, 4.69) is 15.5 Å². The lowest BCUT2D eigenvalue weighted by molar-refractivity contribution is 0.122. The number of rotatable bonds is 4. The Hall–Kier alpha value is -3.06. The molecule has 152 valence electrons. The molecule has 1 aromatic heterocycles. The third-order valence-corrected chi connectivity index (χ3v) is 5.18. The highest BCUT2D eigenvalue weighted by atomic mass is 19.1. The van der Waals surface area contributed by atoms with Crippen LogP contribution in [0.2, 0.25) is 0 Å². The van der Waals surface area contributed by atoms with Crippen LogP contribution in [0.3, 0.4) is 0 Å². The number of hydrogen-bond donors (Lipinski definition) is 2. The Morgan fingerprint density at radius 1 is 1.14 bits per heavy atom. The van der Waals surface area contributed by atoms with Crippen LogP contribution in [-0.4, -0.2) is 32.3 Å². The zero-order chi connectivity index (χ0) is 20.4. The van der Waals surface area contributed by atoms with Gasteiger partial charge in [0.05, 0.1) is 19.3 Å². The number of urea groups is 1. The molecule has 0 aliphatic carbocycles. The zero-order valence-corrected chi connectivity index (χ0v) is 16.5. The number of anilines is 2. The number of hydrogen-bond acceptors (Lipinski definition) is 4.